The smallest absolute Gasteiger partial charge is 0.460 e. The summed E-state index contributed by atoms with van der Waals surface area (Å²) in [6.07, 6.45) is -6.49. The summed E-state index contributed by atoms with van der Waals surface area (Å²) in [4.78, 5) is 5.57. The lowest BCUT2D eigenvalue weighted by Gasteiger charge is -2.42. The van der Waals surface area contributed by atoms with Gasteiger partial charge in [-0.1, -0.05) is 0 Å². The van der Waals surface area contributed by atoms with Crippen molar-refractivity contribution in [1.82, 2.24) is 4.90 Å². The number of aryl methyl sites for hydroxylation is 2. The minimum atomic E-state index is -8.67. The lowest BCUT2D eigenvalue weighted by Crippen LogP contribution is -2.74. The second kappa shape index (κ2) is 10.9. The van der Waals surface area contributed by atoms with Crippen LogP contribution in [0.25, 0.3) is 0 Å². The number of hydrogen-bond acceptors (Lipinski definition) is 2. The molecule has 0 N–H and O–H groups in total. The van der Waals surface area contributed by atoms with Crippen LogP contribution in [-0.2, 0) is 0 Å². The van der Waals surface area contributed by atoms with E-state index in [1.165, 1.54) is 13.3 Å². The Hall–Kier alpha value is -2.70. The van der Waals surface area contributed by atoms with E-state index in [9.17, 15) is 74.6 Å². The van der Waals surface area contributed by atoms with Gasteiger partial charge in [-0.05, 0) is 44.0 Å². The SMILES string of the molecule is CCN(C)C=Nc1cc(C)c(OCC(F)(F)C(F)(F)C(F)(F)C(F)(F)C(F)(F)C(F)(F)C(F)(F)C(F)(F)F)cc1C. The van der Waals surface area contributed by atoms with Crippen molar-refractivity contribution in [3.63, 3.8) is 0 Å². The number of hydrogen-bond donors (Lipinski definition) is 0. The van der Waals surface area contributed by atoms with Gasteiger partial charge in [-0.25, -0.2) is 4.99 Å². The van der Waals surface area contributed by atoms with Crippen molar-refractivity contribution in [3.05, 3.63) is 23.3 Å². The molecule has 1 aromatic carbocycles. The fourth-order valence-electron chi connectivity index (χ4n) is 2.77. The number of ether oxygens (including phenoxy) is 1. The molecular formula is C21H19F17N2O. The van der Waals surface area contributed by atoms with Gasteiger partial charge in [0.05, 0.1) is 12.0 Å². The Labute approximate surface area is 219 Å². The van der Waals surface area contributed by atoms with Gasteiger partial charge in [0.15, 0.2) is 6.61 Å². The average molecular weight is 638 g/mol. The molecule has 0 saturated heterocycles. The molecule has 0 aliphatic carbocycles. The number of nitrogens with zero attached hydrogens (tertiary/aromatic N) is 2. The molecular weight excluding hydrogens is 619 g/mol. The maximum atomic E-state index is 14.1. The van der Waals surface area contributed by atoms with Crippen LogP contribution in [0.3, 0.4) is 0 Å². The third-order valence-electron chi connectivity index (χ3n) is 5.58. The predicted octanol–water partition coefficient (Wildman–Crippen LogP) is 8.30. The van der Waals surface area contributed by atoms with Gasteiger partial charge in [0.2, 0.25) is 0 Å². The molecule has 0 unspecified atom stereocenters. The summed E-state index contributed by atoms with van der Waals surface area (Å²) in [5.74, 6) is -57.6. The van der Waals surface area contributed by atoms with E-state index in [1.807, 2.05) is 0 Å². The first-order valence-electron chi connectivity index (χ1n) is 10.7. The number of aliphatic imine (C=N–C) groups is 1. The topological polar surface area (TPSA) is 24.8 Å². The maximum absolute atomic E-state index is 14.1. The Balaban J connectivity index is 3.44. The molecule has 0 aliphatic heterocycles. The van der Waals surface area contributed by atoms with Crippen molar-refractivity contribution < 1.29 is 79.4 Å². The highest BCUT2D eigenvalue weighted by Crippen LogP contribution is 2.63. The molecule has 0 radical (unpaired) electrons. The molecule has 3 nitrogen and oxygen atoms in total. The third kappa shape index (κ3) is 5.83. The van der Waals surface area contributed by atoms with Gasteiger partial charge in [0.25, 0.3) is 0 Å². The average Bonchev–Trinajstić information content (AvgIpc) is 2.81. The lowest BCUT2D eigenvalue weighted by molar-refractivity contribution is -0.462. The quantitative estimate of drug-likeness (QED) is 0.131. The van der Waals surface area contributed by atoms with E-state index >= 15 is 0 Å². The van der Waals surface area contributed by atoms with Gasteiger partial charge in [0.1, 0.15) is 5.75 Å². The Morgan fingerprint density at radius 3 is 1.49 bits per heavy atom. The first kappa shape index (κ1) is 36.3. The van der Waals surface area contributed by atoms with E-state index in [0.29, 0.717) is 6.54 Å². The molecule has 0 saturated carbocycles. The number of rotatable bonds is 12. The zero-order valence-electron chi connectivity index (χ0n) is 20.9. The summed E-state index contributed by atoms with van der Waals surface area (Å²) >= 11 is 0. The van der Waals surface area contributed by atoms with Gasteiger partial charge < -0.3 is 9.64 Å². The number of halogens is 17. The molecule has 0 bridgehead atoms. The van der Waals surface area contributed by atoms with E-state index in [2.05, 4.69) is 9.73 Å². The predicted molar refractivity (Wildman–Crippen MR) is 109 cm³/mol. The Kier molecular flexibility index (Phi) is 9.61. The molecule has 0 aliphatic rings. The van der Waals surface area contributed by atoms with Crippen LogP contribution >= 0.6 is 0 Å². The molecule has 0 spiro atoms. The Morgan fingerprint density at radius 2 is 1.07 bits per heavy atom. The van der Waals surface area contributed by atoms with Crippen molar-refractivity contribution in [3.8, 4) is 5.75 Å². The lowest BCUT2D eigenvalue weighted by atomic mass is 9.89. The second-order valence-electron chi connectivity index (χ2n) is 8.66. The molecule has 238 valence electrons. The number of benzene rings is 1. The molecule has 0 fully saturated rings. The van der Waals surface area contributed by atoms with Crippen LogP contribution in [0.5, 0.6) is 5.75 Å². The first-order valence-corrected chi connectivity index (χ1v) is 10.7. The van der Waals surface area contributed by atoms with Crippen LogP contribution in [0, 0.1) is 13.8 Å². The fourth-order valence-corrected chi connectivity index (χ4v) is 2.77. The normalized spacial score (nSPS) is 15.0. The highest BCUT2D eigenvalue weighted by atomic mass is 19.4. The summed E-state index contributed by atoms with van der Waals surface area (Å²) in [6, 6.07) is 1.94. The summed E-state index contributed by atoms with van der Waals surface area (Å²) in [5.41, 5.74) is 0.0432. The van der Waals surface area contributed by atoms with Crippen LogP contribution in [0.4, 0.5) is 80.3 Å². The van der Waals surface area contributed by atoms with Crippen molar-refractivity contribution in [2.45, 2.75) is 68.4 Å². The van der Waals surface area contributed by atoms with Gasteiger partial charge in [-0.3, -0.25) is 0 Å². The van der Waals surface area contributed by atoms with Crippen molar-refractivity contribution >= 4 is 12.0 Å². The highest BCUT2D eigenvalue weighted by molar-refractivity contribution is 5.64. The van der Waals surface area contributed by atoms with Crippen molar-refractivity contribution in [1.29, 1.82) is 0 Å². The molecule has 0 amide bonds. The molecule has 1 aromatic rings. The number of alkyl halides is 17. The largest absolute Gasteiger partial charge is 0.487 e. The molecule has 1 rings (SSSR count). The molecule has 0 heterocycles. The van der Waals surface area contributed by atoms with E-state index in [-0.39, 0.29) is 16.8 Å². The molecule has 0 atom stereocenters. The van der Waals surface area contributed by atoms with Gasteiger partial charge in [-0.15, -0.1) is 0 Å². The summed E-state index contributed by atoms with van der Waals surface area (Å²) < 4.78 is 232. The maximum Gasteiger partial charge on any atom is 0.460 e. The standard InChI is InChI=1S/C21H19F17N2O/c1-5-40(4)9-39-12-6-11(3)13(7-10(12)2)41-8-14(22,23)15(24,25)16(26,27)17(28,29)18(30,31)19(32,33)20(34,35)21(36,37)38/h6-7,9H,5,8H2,1-4H3. The minimum Gasteiger partial charge on any atom is -0.487 e. The van der Waals surface area contributed by atoms with E-state index in [4.69, 9.17) is 0 Å². The first-order chi connectivity index (χ1) is 18.0. The van der Waals surface area contributed by atoms with Gasteiger partial charge in [-0.2, -0.15) is 74.6 Å². The summed E-state index contributed by atoms with van der Waals surface area (Å²) in [7, 11) is 1.60. The van der Waals surface area contributed by atoms with Gasteiger partial charge >= 0.3 is 47.6 Å². The Morgan fingerprint density at radius 1 is 0.659 bits per heavy atom. The van der Waals surface area contributed by atoms with Crippen LogP contribution in [0.2, 0.25) is 0 Å². The highest BCUT2D eigenvalue weighted by Gasteiger charge is 2.95. The van der Waals surface area contributed by atoms with Gasteiger partial charge in [0, 0.05) is 13.6 Å². The van der Waals surface area contributed by atoms with E-state index < -0.39 is 60.0 Å². The molecule has 0 aromatic heterocycles. The van der Waals surface area contributed by atoms with E-state index in [1.54, 1.807) is 18.9 Å². The Bertz CT molecular complexity index is 1110. The summed E-state index contributed by atoms with van der Waals surface area (Å²) in [5, 5.41) is 0. The second-order valence-corrected chi connectivity index (χ2v) is 8.66. The van der Waals surface area contributed by atoms with Crippen LogP contribution in [0.1, 0.15) is 18.1 Å². The van der Waals surface area contributed by atoms with Crippen LogP contribution in [0.15, 0.2) is 17.1 Å². The third-order valence-corrected chi connectivity index (χ3v) is 5.58. The van der Waals surface area contributed by atoms with Crippen LogP contribution in [-0.4, -0.2) is 79.1 Å². The molecule has 20 heteroatoms. The zero-order chi connectivity index (χ0) is 32.8. The van der Waals surface area contributed by atoms with Crippen molar-refractivity contribution in [2.75, 3.05) is 20.2 Å². The van der Waals surface area contributed by atoms with Crippen LogP contribution < -0.4 is 4.74 Å². The fraction of sp³-hybridized carbons (Fsp3) is 0.667. The van der Waals surface area contributed by atoms with Crippen molar-refractivity contribution in [2.24, 2.45) is 4.99 Å². The monoisotopic (exact) mass is 638 g/mol. The minimum absolute atomic E-state index is 0.0887. The summed E-state index contributed by atoms with van der Waals surface area (Å²) in [6.45, 7) is 1.57. The zero-order valence-corrected chi connectivity index (χ0v) is 20.9. The van der Waals surface area contributed by atoms with E-state index in [0.717, 1.165) is 19.1 Å². The molecule has 41 heavy (non-hydrogen) atoms.